The van der Waals surface area contributed by atoms with Crippen molar-refractivity contribution in [1.29, 1.82) is 0 Å². The van der Waals surface area contributed by atoms with Gasteiger partial charge >= 0.3 is 6.03 Å². The fourth-order valence-electron chi connectivity index (χ4n) is 9.95. The zero-order valence-electron chi connectivity index (χ0n) is 31.1. The van der Waals surface area contributed by atoms with Gasteiger partial charge in [0.15, 0.2) is 0 Å². The number of carbonyl (C=O) groups excluding carboxylic acids is 3. The summed E-state index contributed by atoms with van der Waals surface area (Å²) in [6.45, 7) is 15.5. The van der Waals surface area contributed by atoms with Crippen LogP contribution in [0, 0.1) is 11.3 Å². The van der Waals surface area contributed by atoms with Crippen LogP contribution in [0.25, 0.3) is 0 Å². The Morgan fingerprint density at radius 3 is 1.96 bits per heavy atom. The maximum absolute atomic E-state index is 13.4. The normalized spacial score (nSPS) is 25.6. The number of carbonyl (C=O) groups is 3. The summed E-state index contributed by atoms with van der Waals surface area (Å²) in [4.78, 5) is 51.2. The second-order valence-corrected chi connectivity index (χ2v) is 16.6. The van der Waals surface area contributed by atoms with Crippen molar-refractivity contribution < 1.29 is 14.4 Å². The van der Waals surface area contributed by atoms with Crippen molar-refractivity contribution in [2.24, 2.45) is 11.3 Å². The van der Waals surface area contributed by atoms with Gasteiger partial charge in [-0.1, -0.05) is 0 Å². The summed E-state index contributed by atoms with van der Waals surface area (Å²) < 4.78 is 0. The van der Waals surface area contributed by atoms with Crippen LogP contribution < -0.4 is 25.3 Å². The molecule has 0 bridgehead atoms. The van der Waals surface area contributed by atoms with Gasteiger partial charge in [-0.3, -0.25) is 24.7 Å². The molecule has 6 fully saturated rings. The van der Waals surface area contributed by atoms with Crippen molar-refractivity contribution >= 4 is 34.9 Å². The third kappa shape index (κ3) is 7.82. The maximum atomic E-state index is 13.4. The molecular formula is C41H58N8O3. The molecule has 1 unspecified atom stereocenters. The molecule has 52 heavy (non-hydrogen) atoms. The summed E-state index contributed by atoms with van der Waals surface area (Å²) >= 11 is 0. The zero-order chi connectivity index (χ0) is 35.7. The molecule has 2 N–H and O–H groups in total. The first-order chi connectivity index (χ1) is 25.3. The Morgan fingerprint density at radius 1 is 0.731 bits per heavy atom. The van der Waals surface area contributed by atoms with E-state index in [1.165, 1.54) is 63.1 Å². The van der Waals surface area contributed by atoms with Crippen LogP contribution in [0.15, 0.2) is 48.5 Å². The van der Waals surface area contributed by atoms with Gasteiger partial charge in [0.05, 0.1) is 0 Å². The number of rotatable bonds is 7. The van der Waals surface area contributed by atoms with E-state index in [-0.39, 0.29) is 17.8 Å². The number of nitrogens with one attached hydrogen (secondary N) is 2. The number of amides is 4. The summed E-state index contributed by atoms with van der Waals surface area (Å²) in [7, 11) is 0. The molecule has 6 aliphatic heterocycles. The van der Waals surface area contributed by atoms with E-state index >= 15 is 0 Å². The first-order valence-corrected chi connectivity index (χ1v) is 20.1. The van der Waals surface area contributed by atoms with Gasteiger partial charge in [-0.2, -0.15) is 0 Å². The molecule has 0 saturated carbocycles. The molecule has 6 saturated heterocycles. The molecule has 2 aromatic carbocycles. The second-order valence-electron chi connectivity index (χ2n) is 16.6. The molecule has 11 heteroatoms. The van der Waals surface area contributed by atoms with Crippen molar-refractivity contribution in [1.82, 2.24) is 25.3 Å². The van der Waals surface area contributed by atoms with Gasteiger partial charge in [-0.05, 0) is 125 Å². The minimum absolute atomic E-state index is 0.191. The molecule has 280 valence electrons. The Morgan fingerprint density at radius 2 is 1.35 bits per heavy atom. The molecule has 1 atom stereocenters. The number of likely N-dealkylation sites (tertiary alicyclic amines) is 2. The SMILES string of the molecule is CC1CC2(CCN(c3ccc(C(=O)N4CCC(CN5CCC(N6CCN(c7ccc(N8CCC(=O)NC8=O)cc7)CC6)CC5)CC4)cc3)CC2)CN1. The van der Waals surface area contributed by atoms with Crippen LogP contribution in [0.3, 0.4) is 0 Å². The van der Waals surface area contributed by atoms with Gasteiger partial charge in [0.1, 0.15) is 0 Å². The molecule has 4 amide bonds. The average Bonchev–Trinajstić information content (AvgIpc) is 3.54. The standard InChI is InChI=1S/C41H58N8O3/c1-31-28-41(30-42-31)15-22-45(23-16-41)34-4-2-33(3-5-34)39(51)48-19-10-32(11-20-48)29-44-17-12-36(13-18-44)47-26-24-46(25-27-47)35-6-8-37(9-7-35)49-21-14-38(50)43-40(49)52/h2-9,31-32,36,42H,10-30H2,1H3,(H,43,50,52). The van der Waals surface area contributed by atoms with Crippen LogP contribution >= 0.6 is 0 Å². The highest BCUT2D eigenvalue weighted by molar-refractivity contribution is 6.05. The Bertz CT molecular complexity index is 1550. The monoisotopic (exact) mass is 710 g/mol. The van der Waals surface area contributed by atoms with Gasteiger partial charge in [-0.25, -0.2) is 4.79 Å². The highest BCUT2D eigenvalue weighted by Gasteiger charge is 2.40. The molecule has 8 rings (SSSR count). The highest BCUT2D eigenvalue weighted by Crippen LogP contribution is 2.40. The van der Waals surface area contributed by atoms with Crippen molar-refractivity contribution in [2.45, 2.75) is 70.4 Å². The van der Waals surface area contributed by atoms with E-state index in [0.29, 0.717) is 36.4 Å². The van der Waals surface area contributed by atoms with E-state index in [1.54, 1.807) is 4.90 Å². The number of hydrogen-bond acceptors (Lipinski definition) is 8. The Labute approximate surface area is 309 Å². The van der Waals surface area contributed by atoms with Crippen molar-refractivity contribution in [3.8, 4) is 0 Å². The molecule has 6 aliphatic rings. The molecular weight excluding hydrogens is 653 g/mol. The van der Waals surface area contributed by atoms with E-state index in [0.717, 1.165) is 83.0 Å². The van der Waals surface area contributed by atoms with Gasteiger partial charge < -0.3 is 24.9 Å². The topological polar surface area (TPSA) is 94.7 Å². The lowest BCUT2D eigenvalue weighted by Gasteiger charge is -2.44. The number of piperidine rings is 3. The minimum atomic E-state index is -0.338. The third-order valence-corrected chi connectivity index (χ3v) is 13.3. The van der Waals surface area contributed by atoms with E-state index in [4.69, 9.17) is 0 Å². The second kappa shape index (κ2) is 15.4. The molecule has 1 spiro atoms. The zero-order valence-corrected chi connectivity index (χ0v) is 31.1. The third-order valence-electron chi connectivity index (χ3n) is 13.3. The number of benzene rings is 2. The van der Waals surface area contributed by atoms with Crippen LogP contribution in [0.1, 0.15) is 68.6 Å². The number of imide groups is 1. The predicted molar refractivity (Wildman–Crippen MR) is 206 cm³/mol. The average molecular weight is 711 g/mol. The smallest absolute Gasteiger partial charge is 0.328 e. The Balaban J connectivity index is 0.727. The molecule has 0 radical (unpaired) electrons. The fourth-order valence-corrected chi connectivity index (χ4v) is 9.95. The summed E-state index contributed by atoms with van der Waals surface area (Å²) in [5, 5.41) is 6.06. The van der Waals surface area contributed by atoms with E-state index in [2.05, 4.69) is 78.5 Å². The summed E-state index contributed by atoms with van der Waals surface area (Å²) in [5.41, 5.74) is 4.59. The van der Waals surface area contributed by atoms with Crippen LogP contribution in [-0.2, 0) is 4.79 Å². The van der Waals surface area contributed by atoms with E-state index in [9.17, 15) is 14.4 Å². The summed E-state index contributed by atoms with van der Waals surface area (Å²) in [6.07, 6.45) is 8.81. The highest BCUT2D eigenvalue weighted by atomic mass is 16.2. The van der Waals surface area contributed by atoms with Gasteiger partial charge in [0.2, 0.25) is 5.91 Å². The number of urea groups is 1. The summed E-state index contributed by atoms with van der Waals surface area (Å²) in [5.74, 6) is 0.656. The maximum Gasteiger partial charge on any atom is 0.328 e. The van der Waals surface area contributed by atoms with Gasteiger partial charge in [0, 0.05) is 113 Å². The lowest BCUT2D eigenvalue weighted by molar-refractivity contribution is -0.120. The minimum Gasteiger partial charge on any atom is -0.371 e. The van der Waals surface area contributed by atoms with Crippen LogP contribution in [0.2, 0.25) is 0 Å². The molecule has 11 nitrogen and oxygen atoms in total. The first kappa shape index (κ1) is 35.4. The lowest BCUT2D eigenvalue weighted by Crippen LogP contribution is -2.53. The molecule has 0 aromatic heterocycles. The van der Waals surface area contributed by atoms with Crippen molar-refractivity contribution in [3.63, 3.8) is 0 Å². The number of anilines is 3. The largest absolute Gasteiger partial charge is 0.371 e. The van der Waals surface area contributed by atoms with Crippen LogP contribution in [-0.4, -0.2) is 130 Å². The number of piperazine rings is 1. The Hall–Kier alpha value is -3.67. The van der Waals surface area contributed by atoms with Gasteiger partial charge in [-0.15, -0.1) is 0 Å². The molecule has 6 heterocycles. The van der Waals surface area contributed by atoms with E-state index < -0.39 is 0 Å². The van der Waals surface area contributed by atoms with E-state index in [1.807, 2.05) is 12.1 Å². The number of hydrogen-bond donors (Lipinski definition) is 2. The van der Waals surface area contributed by atoms with Crippen LogP contribution in [0.5, 0.6) is 0 Å². The summed E-state index contributed by atoms with van der Waals surface area (Å²) in [6, 6.07) is 17.6. The molecule has 2 aromatic rings. The lowest BCUT2D eigenvalue weighted by atomic mass is 9.76. The first-order valence-electron chi connectivity index (χ1n) is 20.1. The van der Waals surface area contributed by atoms with Crippen LogP contribution in [0.4, 0.5) is 21.9 Å². The Kier molecular flexibility index (Phi) is 10.4. The quantitative estimate of drug-likeness (QED) is 0.441. The van der Waals surface area contributed by atoms with Crippen molar-refractivity contribution in [3.05, 3.63) is 54.1 Å². The molecule has 0 aliphatic carbocycles. The van der Waals surface area contributed by atoms with Gasteiger partial charge in [0.25, 0.3) is 5.91 Å². The van der Waals surface area contributed by atoms with Crippen molar-refractivity contribution in [2.75, 3.05) is 99.8 Å². The predicted octanol–water partition coefficient (Wildman–Crippen LogP) is 4.24. The number of nitrogens with zero attached hydrogens (tertiary/aromatic N) is 6. The fraction of sp³-hybridized carbons (Fsp3) is 0.634.